The highest BCUT2D eigenvalue weighted by Crippen LogP contribution is 2.29. The van der Waals surface area contributed by atoms with E-state index in [0.717, 1.165) is 42.4 Å². The summed E-state index contributed by atoms with van der Waals surface area (Å²) in [4.78, 5) is 21.4. The smallest absolute Gasteiger partial charge is 0.253 e. The van der Waals surface area contributed by atoms with Crippen LogP contribution in [0.15, 0.2) is 54.6 Å². The molecule has 1 aromatic heterocycles. The van der Waals surface area contributed by atoms with Crippen LogP contribution in [0.1, 0.15) is 10.4 Å². The van der Waals surface area contributed by atoms with Crippen molar-refractivity contribution in [3.05, 3.63) is 60.2 Å². The Hall–Kier alpha value is -2.40. The zero-order valence-corrected chi connectivity index (χ0v) is 13.5. The molecule has 1 aliphatic heterocycles. The monoisotopic (exact) mass is 323 g/mol. The van der Waals surface area contributed by atoms with E-state index < -0.39 is 0 Å². The number of carbonyl (C=O) groups is 1. The Morgan fingerprint density at radius 3 is 2.35 bits per heavy atom. The number of piperazine rings is 1. The summed E-state index contributed by atoms with van der Waals surface area (Å²) in [5, 5.41) is 1.05. The molecule has 0 unspecified atom stereocenters. The van der Waals surface area contributed by atoms with Gasteiger partial charge in [0, 0.05) is 31.7 Å². The van der Waals surface area contributed by atoms with Gasteiger partial charge in [0.1, 0.15) is 0 Å². The molecule has 5 heteroatoms. The van der Waals surface area contributed by atoms with Crippen LogP contribution in [0.3, 0.4) is 0 Å². The van der Waals surface area contributed by atoms with Gasteiger partial charge in [-0.2, -0.15) is 0 Å². The molecule has 0 radical (unpaired) electrons. The fraction of sp³-hybridized carbons (Fsp3) is 0.222. The lowest BCUT2D eigenvalue weighted by molar-refractivity contribution is 0.0747. The van der Waals surface area contributed by atoms with Crippen LogP contribution in [0.25, 0.3) is 10.2 Å². The van der Waals surface area contributed by atoms with Crippen LogP contribution in [0.5, 0.6) is 0 Å². The van der Waals surface area contributed by atoms with Crippen LogP contribution in [0, 0.1) is 0 Å². The molecule has 0 atom stereocenters. The topological polar surface area (TPSA) is 36.4 Å². The molecule has 1 saturated heterocycles. The minimum Gasteiger partial charge on any atom is -0.345 e. The molecule has 2 heterocycles. The second-order valence-electron chi connectivity index (χ2n) is 5.61. The van der Waals surface area contributed by atoms with Crippen LogP contribution < -0.4 is 4.90 Å². The van der Waals surface area contributed by atoms with Crippen molar-refractivity contribution in [1.82, 2.24) is 9.88 Å². The Balaban J connectivity index is 1.45. The van der Waals surface area contributed by atoms with Crippen LogP contribution >= 0.6 is 11.3 Å². The largest absolute Gasteiger partial charge is 0.345 e. The average molecular weight is 323 g/mol. The van der Waals surface area contributed by atoms with Gasteiger partial charge in [0.05, 0.1) is 10.2 Å². The van der Waals surface area contributed by atoms with E-state index in [-0.39, 0.29) is 5.91 Å². The number of nitrogens with zero attached hydrogens (tertiary/aromatic N) is 3. The summed E-state index contributed by atoms with van der Waals surface area (Å²) in [7, 11) is 0. The van der Waals surface area contributed by atoms with Crippen molar-refractivity contribution in [2.24, 2.45) is 0 Å². The number of hydrogen-bond donors (Lipinski definition) is 0. The SMILES string of the molecule is O=C(c1ccccc1)N1CCN(c2nc3ccccc3s2)CC1. The van der Waals surface area contributed by atoms with E-state index in [2.05, 4.69) is 11.0 Å². The molecular formula is C18H17N3OS. The highest BCUT2D eigenvalue weighted by atomic mass is 32.1. The zero-order chi connectivity index (χ0) is 15.6. The maximum Gasteiger partial charge on any atom is 0.253 e. The first-order chi connectivity index (χ1) is 11.3. The molecule has 23 heavy (non-hydrogen) atoms. The van der Waals surface area contributed by atoms with Gasteiger partial charge in [0.15, 0.2) is 5.13 Å². The van der Waals surface area contributed by atoms with Crippen molar-refractivity contribution in [3.8, 4) is 0 Å². The van der Waals surface area contributed by atoms with Gasteiger partial charge in [0.25, 0.3) is 5.91 Å². The predicted molar refractivity (Wildman–Crippen MR) is 94.2 cm³/mol. The van der Waals surface area contributed by atoms with Crippen molar-refractivity contribution in [3.63, 3.8) is 0 Å². The quantitative estimate of drug-likeness (QED) is 0.726. The number of anilines is 1. The molecule has 3 aromatic rings. The number of hydrogen-bond acceptors (Lipinski definition) is 4. The van der Waals surface area contributed by atoms with Crippen molar-refractivity contribution < 1.29 is 4.79 Å². The summed E-state index contributed by atoms with van der Waals surface area (Å²) < 4.78 is 1.21. The summed E-state index contributed by atoms with van der Waals surface area (Å²) in [5.74, 6) is 0.120. The van der Waals surface area contributed by atoms with E-state index in [0.29, 0.717) is 0 Å². The number of amides is 1. The predicted octanol–water partition coefficient (Wildman–Crippen LogP) is 3.26. The van der Waals surface area contributed by atoms with Gasteiger partial charge in [-0.3, -0.25) is 4.79 Å². The molecule has 0 N–H and O–H groups in total. The molecule has 0 aliphatic carbocycles. The van der Waals surface area contributed by atoms with Crippen molar-refractivity contribution in [1.29, 1.82) is 0 Å². The molecule has 0 saturated carbocycles. The zero-order valence-electron chi connectivity index (χ0n) is 12.7. The summed E-state index contributed by atoms with van der Waals surface area (Å²) in [6.07, 6.45) is 0. The molecule has 1 amide bonds. The highest BCUT2D eigenvalue weighted by Gasteiger charge is 2.23. The van der Waals surface area contributed by atoms with E-state index in [9.17, 15) is 4.79 Å². The van der Waals surface area contributed by atoms with Gasteiger partial charge in [-0.05, 0) is 24.3 Å². The summed E-state index contributed by atoms with van der Waals surface area (Å²) >= 11 is 1.72. The number of fused-ring (bicyclic) bond motifs is 1. The Labute approximate surface area is 139 Å². The van der Waals surface area contributed by atoms with Gasteiger partial charge >= 0.3 is 0 Å². The fourth-order valence-corrected chi connectivity index (χ4v) is 3.88. The molecule has 116 valence electrons. The summed E-state index contributed by atoms with van der Waals surface area (Å²) in [5.41, 5.74) is 1.82. The lowest BCUT2D eigenvalue weighted by atomic mass is 10.2. The molecule has 2 aromatic carbocycles. The van der Waals surface area contributed by atoms with E-state index in [1.165, 1.54) is 4.70 Å². The number of benzene rings is 2. The number of para-hydroxylation sites is 1. The summed E-state index contributed by atoms with van der Waals surface area (Å²) in [6.45, 7) is 3.14. The number of rotatable bonds is 2. The van der Waals surface area contributed by atoms with Gasteiger partial charge in [-0.1, -0.05) is 41.7 Å². The molecule has 1 aliphatic rings. The first kappa shape index (κ1) is 14.2. The van der Waals surface area contributed by atoms with Crippen molar-refractivity contribution >= 4 is 32.6 Å². The van der Waals surface area contributed by atoms with E-state index in [1.807, 2.05) is 53.4 Å². The van der Waals surface area contributed by atoms with Crippen molar-refractivity contribution in [2.75, 3.05) is 31.1 Å². The van der Waals surface area contributed by atoms with Gasteiger partial charge in [-0.25, -0.2) is 4.98 Å². The second-order valence-corrected chi connectivity index (χ2v) is 6.62. The van der Waals surface area contributed by atoms with Crippen LogP contribution in [-0.2, 0) is 0 Å². The van der Waals surface area contributed by atoms with E-state index in [4.69, 9.17) is 4.98 Å². The Bertz CT molecular complexity index is 789. The van der Waals surface area contributed by atoms with Crippen LogP contribution in [-0.4, -0.2) is 42.0 Å². The van der Waals surface area contributed by atoms with E-state index in [1.54, 1.807) is 11.3 Å². The van der Waals surface area contributed by atoms with Crippen molar-refractivity contribution in [2.45, 2.75) is 0 Å². The number of thiazole rings is 1. The third-order valence-electron chi connectivity index (χ3n) is 4.14. The van der Waals surface area contributed by atoms with Crippen LogP contribution in [0.4, 0.5) is 5.13 Å². The molecule has 1 fully saturated rings. The number of carbonyl (C=O) groups excluding carboxylic acids is 1. The van der Waals surface area contributed by atoms with Gasteiger partial charge < -0.3 is 9.80 Å². The lowest BCUT2D eigenvalue weighted by Crippen LogP contribution is -2.48. The fourth-order valence-electron chi connectivity index (χ4n) is 2.86. The van der Waals surface area contributed by atoms with E-state index >= 15 is 0 Å². The molecule has 0 bridgehead atoms. The minimum absolute atomic E-state index is 0.120. The van der Waals surface area contributed by atoms with Gasteiger partial charge in [-0.15, -0.1) is 0 Å². The third-order valence-corrected chi connectivity index (χ3v) is 5.24. The minimum atomic E-state index is 0.120. The average Bonchev–Trinajstić information content (AvgIpc) is 3.06. The second kappa shape index (κ2) is 6.01. The molecule has 4 nitrogen and oxygen atoms in total. The van der Waals surface area contributed by atoms with Gasteiger partial charge in [0.2, 0.25) is 0 Å². The first-order valence-electron chi connectivity index (χ1n) is 7.76. The third kappa shape index (κ3) is 2.80. The maximum absolute atomic E-state index is 12.5. The van der Waals surface area contributed by atoms with Crippen LogP contribution in [0.2, 0.25) is 0 Å². The standard InChI is InChI=1S/C18H17N3OS/c22-17(14-6-2-1-3-7-14)20-10-12-21(13-11-20)18-19-15-8-4-5-9-16(15)23-18/h1-9H,10-13H2. The molecule has 4 rings (SSSR count). The molecular weight excluding hydrogens is 306 g/mol. The normalized spacial score (nSPS) is 15.1. The summed E-state index contributed by atoms with van der Waals surface area (Å²) in [6, 6.07) is 17.7. The Morgan fingerprint density at radius 1 is 0.913 bits per heavy atom. The highest BCUT2D eigenvalue weighted by molar-refractivity contribution is 7.22. The maximum atomic E-state index is 12.5. The number of aromatic nitrogens is 1. The Morgan fingerprint density at radius 2 is 1.61 bits per heavy atom. The first-order valence-corrected chi connectivity index (χ1v) is 8.58. The lowest BCUT2D eigenvalue weighted by Gasteiger charge is -2.34. The Kier molecular flexibility index (Phi) is 3.71. The molecule has 0 spiro atoms.